The summed E-state index contributed by atoms with van der Waals surface area (Å²) < 4.78 is 5.23. The first-order valence-electron chi connectivity index (χ1n) is 3.11. The first-order valence-corrected chi connectivity index (χ1v) is 3.99. The van der Waals surface area contributed by atoms with Crippen molar-refractivity contribution in [3.05, 3.63) is 17.0 Å². The number of carbonyl (C=O) groups excluding carboxylic acids is 1. The Morgan fingerprint density at radius 2 is 2.50 bits per heavy atom. The first-order chi connectivity index (χ1) is 4.88. The zero-order valence-corrected chi connectivity index (χ0v) is 6.11. The summed E-state index contributed by atoms with van der Waals surface area (Å²) in [6.45, 7) is 0.548. The molecular formula is C7H6O2S. The van der Waals surface area contributed by atoms with Gasteiger partial charge in [0.25, 0.3) is 0 Å². The van der Waals surface area contributed by atoms with Gasteiger partial charge in [-0.2, -0.15) is 0 Å². The van der Waals surface area contributed by atoms with Crippen LogP contribution in [0.5, 0.6) is 5.06 Å². The molecule has 0 spiro atoms. The number of ketones is 1. The number of thiophene rings is 1. The second-order valence-corrected chi connectivity index (χ2v) is 3.02. The molecule has 0 aromatic carbocycles. The Labute approximate surface area is 62.4 Å². The molecule has 0 saturated heterocycles. The Morgan fingerprint density at radius 3 is 3.30 bits per heavy atom. The summed E-state index contributed by atoms with van der Waals surface area (Å²) in [5.41, 5.74) is 0.760. The Morgan fingerprint density at radius 1 is 1.60 bits per heavy atom. The quantitative estimate of drug-likeness (QED) is 0.568. The van der Waals surface area contributed by atoms with Crippen LogP contribution in [-0.4, -0.2) is 12.4 Å². The summed E-state index contributed by atoms with van der Waals surface area (Å²) in [6.07, 6.45) is 0.531. The SMILES string of the molecule is O=C1CCOc2sccc21. The van der Waals surface area contributed by atoms with Crippen molar-refractivity contribution in [2.45, 2.75) is 6.42 Å². The molecule has 10 heavy (non-hydrogen) atoms. The van der Waals surface area contributed by atoms with Crippen molar-refractivity contribution in [3.8, 4) is 5.06 Å². The Bertz CT molecular complexity index is 264. The van der Waals surface area contributed by atoms with E-state index >= 15 is 0 Å². The molecule has 1 aromatic heterocycles. The predicted molar refractivity (Wildman–Crippen MR) is 38.8 cm³/mol. The van der Waals surface area contributed by atoms with Gasteiger partial charge in [0.05, 0.1) is 12.2 Å². The Kier molecular flexibility index (Phi) is 1.24. The van der Waals surface area contributed by atoms with Crippen LogP contribution in [0.4, 0.5) is 0 Å². The molecule has 52 valence electrons. The first kappa shape index (κ1) is 5.92. The lowest BCUT2D eigenvalue weighted by Crippen LogP contribution is -2.12. The molecule has 0 atom stereocenters. The van der Waals surface area contributed by atoms with Gasteiger partial charge in [-0.05, 0) is 11.4 Å². The van der Waals surface area contributed by atoms with Crippen molar-refractivity contribution in [3.63, 3.8) is 0 Å². The lowest BCUT2D eigenvalue weighted by molar-refractivity contribution is 0.0937. The number of ether oxygens (including phenoxy) is 1. The summed E-state index contributed by atoms with van der Waals surface area (Å²) in [4.78, 5) is 11.1. The van der Waals surface area contributed by atoms with Crippen molar-refractivity contribution in [1.29, 1.82) is 0 Å². The van der Waals surface area contributed by atoms with Crippen molar-refractivity contribution in [2.24, 2.45) is 0 Å². The maximum absolute atomic E-state index is 11.1. The van der Waals surface area contributed by atoms with E-state index in [9.17, 15) is 4.79 Å². The van der Waals surface area contributed by atoms with Gasteiger partial charge in [0.1, 0.15) is 0 Å². The minimum absolute atomic E-state index is 0.211. The lowest BCUT2D eigenvalue weighted by atomic mass is 10.1. The molecule has 3 heteroatoms. The minimum atomic E-state index is 0.211. The molecule has 2 heterocycles. The molecule has 0 radical (unpaired) electrons. The number of fused-ring (bicyclic) bond motifs is 1. The zero-order chi connectivity index (χ0) is 6.97. The monoisotopic (exact) mass is 154 g/mol. The highest BCUT2D eigenvalue weighted by Gasteiger charge is 2.18. The minimum Gasteiger partial charge on any atom is -0.483 e. The average molecular weight is 154 g/mol. The van der Waals surface area contributed by atoms with Crippen LogP contribution in [0.25, 0.3) is 0 Å². The molecule has 0 unspecified atom stereocenters. The fourth-order valence-electron chi connectivity index (χ4n) is 0.985. The van der Waals surface area contributed by atoms with Gasteiger partial charge in [-0.3, -0.25) is 4.79 Å². The third kappa shape index (κ3) is 0.743. The van der Waals surface area contributed by atoms with E-state index in [4.69, 9.17) is 4.74 Å². The molecule has 0 fully saturated rings. The lowest BCUT2D eigenvalue weighted by Gasteiger charge is -2.10. The second kappa shape index (κ2) is 2.09. The summed E-state index contributed by atoms with van der Waals surface area (Å²) in [7, 11) is 0. The molecular weight excluding hydrogens is 148 g/mol. The summed E-state index contributed by atoms with van der Waals surface area (Å²) in [5.74, 6) is 0.211. The maximum Gasteiger partial charge on any atom is 0.184 e. The number of Topliss-reactive ketones (excluding diaryl/α,β-unsaturated/α-hetero) is 1. The number of carbonyl (C=O) groups is 1. The molecule has 1 aliphatic rings. The van der Waals surface area contributed by atoms with E-state index in [1.165, 1.54) is 11.3 Å². The average Bonchev–Trinajstić information content (AvgIpc) is 2.36. The van der Waals surface area contributed by atoms with Gasteiger partial charge in [0, 0.05) is 6.42 Å². The third-order valence-corrected chi connectivity index (χ3v) is 2.32. The highest BCUT2D eigenvalue weighted by atomic mass is 32.1. The fourth-order valence-corrected chi connectivity index (χ4v) is 1.77. The van der Waals surface area contributed by atoms with Crippen molar-refractivity contribution < 1.29 is 9.53 Å². The van der Waals surface area contributed by atoms with Crippen LogP contribution >= 0.6 is 11.3 Å². The molecule has 2 rings (SSSR count). The highest BCUT2D eigenvalue weighted by Crippen LogP contribution is 2.30. The molecule has 0 saturated carbocycles. The van der Waals surface area contributed by atoms with Crippen LogP contribution in [0, 0.1) is 0 Å². The largest absolute Gasteiger partial charge is 0.483 e. The number of hydrogen-bond acceptors (Lipinski definition) is 3. The zero-order valence-electron chi connectivity index (χ0n) is 5.29. The van der Waals surface area contributed by atoms with Crippen LogP contribution < -0.4 is 4.74 Å². The van der Waals surface area contributed by atoms with Gasteiger partial charge < -0.3 is 4.74 Å². The Hall–Kier alpha value is -0.830. The van der Waals surface area contributed by atoms with E-state index in [-0.39, 0.29) is 5.78 Å². The normalized spacial score (nSPS) is 16.2. The van der Waals surface area contributed by atoms with E-state index in [2.05, 4.69) is 0 Å². The van der Waals surface area contributed by atoms with Crippen molar-refractivity contribution in [2.75, 3.05) is 6.61 Å². The third-order valence-electron chi connectivity index (χ3n) is 1.49. The second-order valence-electron chi connectivity index (χ2n) is 2.14. The van der Waals surface area contributed by atoms with Crippen LogP contribution in [0.2, 0.25) is 0 Å². The maximum atomic E-state index is 11.1. The molecule has 0 N–H and O–H groups in total. The van der Waals surface area contributed by atoms with Crippen molar-refractivity contribution in [1.82, 2.24) is 0 Å². The fraction of sp³-hybridized carbons (Fsp3) is 0.286. The molecule has 2 nitrogen and oxygen atoms in total. The van der Waals surface area contributed by atoms with Gasteiger partial charge in [-0.25, -0.2) is 0 Å². The smallest absolute Gasteiger partial charge is 0.184 e. The van der Waals surface area contributed by atoms with Gasteiger partial charge in [0.15, 0.2) is 10.8 Å². The Balaban J connectivity index is 2.50. The number of hydrogen-bond donors (Lipinski definition) is 0. The molecule has 0 amide bonds. The summed E-state index contributed by atoms with van der Waals surface area (Å²) in [5, 5.41) is 2.67. The van der Waals surface area contributed by atoms with Crippen LogP contribution in [-0.2, 0) is 0 Å². The van der Waals surface area contributed by atoms with Crippen LogP contribution in [0.1, 0.15) is 16.8 Å². The molecule has 0 aliphatic carbocycles. The van der Waals surface area contributed by atoms with Gasteiger partial charge in [0.2, 0.25) is 0 Å². The van der Waals surface area contributed by atoms with Crippen LogP contribution in [0.15, 0.2) is 11.4 Å². The van der Waals surface area contributed by atoms with Gasteiger partial charge in [-0.15, -0.1) is 11.3 Å². The van der Waals surface area contributed by atoms with Gasteiger partial charge >= 0.3 is 0 Å². The van der Waals surface area contributed by atoms with E-state index in [1.807, 2.05) is 11.4 Å². The van der Waals surface area contributed by atoms with E-state index in [0.717, 1.165) is 10.6 Å². The van der Waals surface area contributed by atoms with E-state index < -0.39 is 0 Å². The molecule has 1 aromatic rings. The summed E-state index contributed by atoms with van der Waals surface area (Å²) >= 11 is 1.49. The number of rotatable bonds is 0. The van der Waals surface area contributed by atoms with Crippen molar-refractivity contribution >= 4 is 17.1 Å². The summed E-state index contributed by atoms with van der Waals surface area (Å²) in [6, 6.07) is 1.82. The standard InChI is InChI=1S/C7H6O2S/c8-6-1-3-9-7-5(6)2-4-10-7/h2,4H,1,3H2. The van der Waals surface area contributed by atoms with Gasteiger partial charge in [-0.1, -0.05) is 0 Å². The molecule has 1 aliphatic heterocycles. The van der Waals surface area contributed by atoms with E-state index in [0.29, 0.717) is 13.0 Å². The predicted octanol–water partition coefficient (Wildman–Crippen LogP) is 1.71. The van der Waals surface area contributed by atoms with Crippen LogP contribution in [0.3, 0.4) is 0 Å². The molecule has 0 bridgehead atoms. The topological polar surface area (TPSA) is 26.3 Å². The van der Waals surface area contributed by atoms with E-state index in [1.54, 1.807) is 0 Å². The highest BCUT2D eigenvalue weighted by molar-refractivity contribution is 7.12.